The van der Waals surface area contributed by atoms with Crippen LogP contribution in [-0.4, -0.2) is 20.5 Å². The number of amides is 1. The predicted molar refractivity (Wildman–Crippen MR) is 57.9 cm³/mol. The second-order valence-electron chi connectivity index (χ2n) is 2.57. The monoisotopic (exact) mass is 241 g/mol. The minimum atomic E-state index is -0.267. The number of hydrogen-bond donors (Lipinski definition) is 2. The summed E-state index contributed by atoms with van der Waals surface area (Å²) in [7, 11) is 0. The fraction of sp³-hybridized carbons (Fsp3) is 0.143. The van der Waals surface area contributed by atoms with Gasteiger partial charge in [0.2, 0.25) is 0 Å². The van der Waals surface area contributed by atoms with Crippen LogP contribution in [0.4, 0.5) is 5.00 Å². The number of aromatic nitrogens is 3. The smallest absolute Gasteiger partial charge is 0.275 e. The summed E-state index contributed by atoms with van der Waals surface area (Å²) in [5, 5.41) is 9.25. The predicted octanol–water partition coefficient (Wildman–Crippen LogP) is 0.706. The molecule has 15 heavy (non-hydrogen) atoms. The highest BCUT2D eigenvalue weighted by Crippen LogP contribution is 2.13. The summed E-state index contributed by atoms with van der Waals surface area (Å²) in [6.45, 7) is 0.347. The highest BCUT2D eigenvalue weighted by Gasteiger charge is 2.11. The Hall–Kier alpha value is -1.38. The van der Waals surface area contributed by atoms with E-state index >= 15 is 0 Å². The Morgan fingerprint density at radius 2 is 2.47 bits per heavy atom. The van der Waals surface area contributed by atoms with Crippen LogP contribution < -0.4 is 11.1 Å². The first-order chi connectivity index (χ1) is 7.29. The maximum absolute atomic E-state index is 11.6. The maximum Gasteiger partial charge on any atom is 0.275 e. The van der Waals surface area contributed by atoms with E-state index in [4.69, 9.17) is 5.73 Å². The van der Waals surface area contributed by atoms with Gasteiger partial charge in [0, 0.05) is 23.5 Å². The van der Waals surface area contributed by atoms with Gasteiger partial charge < -0.3 is 11.1 Å². The first-order valence-electron chi connectivity index (χ1n) is 4.03. The number of hydrogen-bond acceptors (Lipinski definition) is 7. The second kappa shape index (κ2) is 4.43. The Balaban J connectivity index is 2.08. The third-order valence-corrected chi connectivity index (χ3v) is 3.01. The molecular formula is C7H7N5OS2. The molecule has 0 atom stereocenters. The van der Waals surface area contributed by atoms with Crippen LogP contribution in [0.5, 0.6) is 0 Å². The van der Waals surface area contributed by atoms with Crippen molar-refractivity contribution in [2.75, 3.05) is 5.32 Å². The SMILES string of the molecule is NCc1nc(C(=O)Nc2cnns2)cs1. The molecule has 0 aliphatic carbocycles. The Morgan fingerprint density at radius 3 is 3.07 bits per heavy atom. The molecule has 2 aromatic heterocycles. The number of thiazole rings is 1. The fourth-order valence-corrected chi connectivity index (χ4v) is 1.98. The Kier molecular flexibility index (Phi) is 2.99. The molecule has 0 aliphatic rings. The number of rotatable bonds is 3. The molecule has 0 aromatic carbocycles. The van der Waals surface area contributed by atoms with E-state index in [-0.39, 0.29) is 5.91 Å². The van der Waals surface area contributed by atoms with Crippen LogP contribution in [0.2, 0.25) is 0 Å². The van der Waals surface area contributed by atoms with Gasteiger partial charge in [0.15, 0.2) is 0 Å². The fourth-order valence-electron chi connectivity index (χ4n) is 0.907. The lowest BCUT2D eigenvalue weighted by Gasteiger charge is -1.96. The quantitative estimate of drug-likeness (QED) is 0.825. The van der Waals surface area contributed by atoms with Crippen LogP contribution in [-0.2, 0) is 6.54 Å². The standard InChI is InChI=1S/C7H7N5OS2/c8-1-5-10-4(3-14-5)7(13)11-6-2-9-12-15-6/h2-3H,1,8H2,(H,11,13). The third-order valence-electron chi connectivity index (χ3n) is 1.56. The Bertz CT molecular complexity index is 452. The molecule has 0 radical (unpaired) electrons. The average molecular weight is 241 g/mol. The first kappa shape index (κ1) is 10.1. The van der Waals surface area contributed by atoms with Gasteiger partial charge in [0.1, 0.15) is 15.7 Å². The van der Waals surface area contributed by atoms with E-state index in [0.29, 0.717) is 17.2 Å². The van der Waals surface area contributed by atoms with Crippen LogP contribution in [0.3, 0.4) is 0 Å². The lowest BCUT2D eigenvalue weighted by atomic mass is 10.4. The van der Waals surface area contributed by atoms with Gasteiger partial charge in [-0.3, -0.25) is 4.79 Å². The zero-order valence-electron chi connectivity index (χ0n) is 7.51. The van der Waals surface area contributed by atoms with E-state index in [2.05, 4.69) is 19.9 Å². The van der Waals surface area contributed by atoms with Gasteiger partial charge >= 0.3 is 0 Å². The van der Waals surface area contributed by atoms with Crippen molar-refractivity contribution in [1.29, 1.82) is 0 Å². The number of anilines is 1. The molecule has 3 N–H and O–H groups in total. The highest BCUT2D eigenvalue weighted by atomic mass is 32.1. The van der Waals surface area contributed by atoms with Crippen molar-refractivity contribution in [3.63, 3.8) is 0 Å². The number of nitrogens with two attached hydrogens (primary N) is 1. The zero-order chi connectivity index (χ0) is 10.7. The molecule has 0 saturated heterocycles. The summed E-state index contributed by atoms with van der Waals surface area (Å²) >= 11 is 2.48. The molecule has 1 amide bonds. The van der Waals surface area contributed by atoms with Crippen molar-refractivity contribution in [3.05, 3.63) is 22.3 Å². The van der Waals surface area contributed by atoms with E-state index in [9.17, 15) is 4.79 Å². The number of carbonyl (C=O) groups is 1. The third kappa shape index (κ3) is 2.35. The molecule has 0 bridgehead atoms. The molecule has 0 saturated carbocycles. The van der Waals surface area contributed by atoms with E-state index in [0.717, 1.165) is 16.5 Å². The molecular weight excluding hydrogens is 234 g/mol. The lowest BCUT2D eigenvalue weighted by molar-refractivity contribution is 0.102. The van der Waals surface area contributed by atoms with Gasteiger partial charge in [-0.2, -0.15) is 0 Å². The highest BCUT2D eigenvalue weighted by molar-refractivity contribution is 7.10. The van der Waals surface area contributed by atoms with Crippen molar-refractivity contribution in [1.82, 2.24) is 14.6 Å². The van der Waals surface area contributed by atoms with Crippen molar-refractivity contribution in [3.8, 4) is 0 Å². The molecule has 2 rings (SSSR count). The number of nitrogens with one attached hydrogen (secondary N) is 1. The minimum absolute atomic E-state index is 0.267. The van der Waals surface area contributed by atoms with Gasteiger partial charge in [-0.05, 0) is 0 Å². The van der Waals surface area contributed by atoms with Crippen molar-refractivity contribution >= 4 is 33.8 Å². The van der Waals surface area contributed by atoms with Crippen LogP contribution in [0, 0.1) is 0 Å². The second-order valence-corrected chi connectivity index (χ2v) is 4.29. The number of carbonyl (C=O) groups excluding carboxylic acids is 1. The normalized spacial score (nSPS) is 10.2. The minimum Gasteiger partial charge on any atom is -0.325 e. The first-order valence-corrected chi connectivity index (χ1v) is 5.68. The van der Waals surface area contributed by atoms with Crippen LogP contribution in [0.1, 0.15) is 15.5 Å². The molecule has 78 valence electrons. The Labute approximate surface area is 93.3 Å². The average Bonchev–Trinajstić information content (AvgIpc) is 2.86. The molecule has 0 aliphatic heterocycles. The zero-order valence-corrected chi connectivity index (χ0v) is 9.14. The van der Waals surface area contributed by atoms with E-state index in [1.54, 1.807) is 5.38 Å². The van der Waals surface area contributed by atoms with Gasteiger partial charge in [0.25, 0.3) is 5.91 Å². The molecule has 0 fully saturated rings. The summed E-state index contributed by atoms with van der Waals surface area (Å²) < 4.78 is 3.63. The van der Waals surface area contributed by atoms with Crippen molar-refractivity contribution in [2.45, 2.75) is 6.54 Å². The summed E-state index contributed by atoms with van der Waals surface area (Å²) in [5.74, 6) is -0.267. The largest absolute Gasteiger partial charge is 0.325 e. The number of nitrogens with zero attached hydrogens (tertiary/aromatic N) is 3. The maximum atomic E-state index is 11.6. The summed E-state index contributed by atoms with van der Waals surface area (Å²) in [5.41, 5.74) is 5.77. The van der Waals surface area contributed by atoms with Gasteiger partial charge in [-0.25, -0.2) is 4.98 Å². The van der Waals surface area contributed by atoms with Crippen molar-refractivity contribution < 1.29 is 4.79 Å². The van der Waals surface area contributed by atoms with E-state index in [1.165, 1.54) is 17.5 Å². The topological polar surface area (TPSA) is 93.8 Å². The summed E-state index contributed by atoms with van der Waals surface area (Å²) in [6.07, 6.45) is 1.48. The van der Waals surface area contributed by atoms with E-state index < -0.39 is 0 Å². The Morgan fingerprint density at radius 1 is 1.60 bits per heavy atom. The van der Waals surface area contributed by atoms with Crippen molar-refractivity contribution in [2.24, 2.45) is 5.73 Å². The molecule has 6 nitrogen and oxygen atoms in total. The summed E-state index contributed by atoms with van der Waals surface area (Å²) in [6, 6.07) is 0. The molecule has 0 unspecified atom stereocenters. The molecule has 2 aromatic rings. The molecule has 2 heterocycles. The molecule has 8 heteroatoms. The van der Waals surface area contributed by atoms with Crippen LogP contribution in [0.25, 0.3) is 0 Å². The van der Waals surface area contributed by atoms with E-state index in [1.807, 2.05) is 0 Å². The lowest BCUT2D eigenvalue weighted by Crippen LogP contribution is -2.11. The summed E-state index contributed by atoms with van der Waals surface area (Å²) in [4.78, 5) is 15.6. The van der Waals surface area contributed by atoms with Crippen LogP contribution in [0.15, 0.2) is 11.6 Å². The van der Waals surface area contributed by atoms with Gasteiger partial charge in [0.05, 0.1) is 6.20 Å². The van der Waals surface area contributed by atoms with Gasteiger partial charge in [-0.1, -0.05) is 4.49 Å². The molecule has 0 spiro atoms. The van der Waals surface area contributed by atoms with Gasteiger partial charge in [-0.15, -0.1) is 16.4 Å². The van der Waals surface area contributed by atoms with Crippen LogP contribution >= 0.6 is 22.9 Å².